The number of carbonyl (C=O) groups excluding carboxylic acids is 1. The maximum atomic E-state index is 11.3. The number of rotatable bonds is 1. The van der Waals surface area contributed by atoms with Gasteiger partial charge in [0.05, 0.1) is 0 Å². The van der Waals surface area contributed by atoms with E-state index in [1.807, 2.05) is 18.2 Å². The maximum Gasteiger partial charge on any atom is 0.225 e. The molecule has 0 saturated heterocycles. The van der Waals surface area contributed by atoms with Crippen LogP contribution >= 0.6 is 15.9 Å². The SMILES string of the molecule is NCC1CC(=O)Nc2ccc(Br)cc21. The Morgan fingerprint density at radius 3 is 3.07 bits per heavy atom. The van der Waals surface area contributed by atoms with Crippen molar-refractivity contribution in [2.45, 2.75) is 12.3 Å². The van der Waals surface area contributed by atoms with Crippen LogP contribution in [-0.2, 0) is 4.79 Å². The molecule has 0 radical (unpaired) electrons. The van der Waals surface area contributed by atoms with Gasteiger partial charge in [0, 0.05) is 22.5 Å². The molecule has 1 aromatic carbocycles. The predicted molar refractivity (Wildman–Crippen MR) is 59.2 cm³/mol. The number of nitrogens with one attached hydrogen (secondary N) is 1. The van der Waals surface area contributed by atoms with Crippen LogP contribution in [-0.4, -0.2) is 12.5 Å². The number of nitrogens with two attached hydrogens (primary N) is 1. The Morgan fingerprint density at radius 2 is 2.36 bits per heavy atom. The van der Waals surface area contributed by atoms with E-state index < -0.39 is 0 Å². The summed E-state index contributed by atoms with van der Waals surface area (Å²) < 4.78 is 1.02. The highest BCUT2D eigenvalue weighted by molar-refractivity contribution is 9.10. The molecule has 14 heavy (non-hydrogen) atoms. The quantitative estimate of drug-likeness (QED) is 0.804. The van der Waals surface area contributed by atoms with E-state index >= 15 is 0 Å². The van der Waals surface area contributed by atoms with Gasteiger partial charge in [-0.05, 0) is 30.3 Å². The van der Waals surface area contributed by atoms with Crippen LogP contribution in [0, 0.1) is 0 Å². The average Bonchev–Trinajstić information content (AvgIpc) is 2.17. The van der Waals surface area contributed by atoms with E-state index in [4.69, 9.17) is 5.73 Å². The highest BCUT2D eigenvalue weighted by atomic mass is 79.9. The Kier molecular flexibility index (Phi) is 2.56. The fraction of sp³-hybridized carbons (Fsp3) is 0.300. The number of hydrogen-bond donors (Lipinski definition) is 2. The number of fused-ring (bicyclic) bond motifs is 1. The molecule has 1 heterocycles. The van der Waals surface area contributed by atoms with Gasteiger partial charge in [-0.3, -0.25) is 4.79 Å². The molecule has 3 N–H and O–H groups in total. The molecule has 1 amide bonds. The summed E-state index contributed by atoms with van der Waals surface area (Å²) in [5, 5.41) is 2.84. The van der Waals surface area contributed by atoms with E-state index in [0.717, 1.165) is 15.7 Å². The van der Waals surface area contributed by atoms with Crippen molar-refractivity contribution in [3.63, 3.8) is 0 Å². The molecule has 0 bridgehead atoms. The fourth-order valence-corrected chi connectivity index (χ4v) is 2.11. The number of carbonyl (C=O) groups is 1. The van der Waals surface area contributed by atoms with Gasteiger partial charge in [0.15, 0.2) is 0 Å². The number of halogens is 1. The third kappa shape index (κ3) is 1.67. The van der Waals surface area contributed by atoms with E-state index in [2.05, 4.69) is 21.2 Å². The minimum atomic E-state index is 0.0512. The van der Waals surface area contributed by atoms with E-state index in [-0.39, 0.29) is 11.8 Å². The normalized spacial score (nSPS) is 20.1. The predicted octanol–water partition coefficient (Wildman–Crippen LogP) is 1.83. The van der Waals surface area contributed by atoms with Gasteiger partial charge in [0.2, 0.25) is 5.91 Å². The number of amides is 1. The van der Waals surface area contributed by atoms with E-state index in [1.165, 1.54) is 0 Å². The fourth-order valence-electron chi connectivity index (χ4n) is 1.73. The Hall–Kier alpha value is -0.870. The summed E-state index contributed by atoms with van der Waals surface area (Å²) in [7, 11) is 0. The van der Waals surface area contributed by atoms with Crippen LogP contribution in [0.3, 0.4) is 0 Å². The van der Waals surface area contributed by atoms with E-state index in [1.54, 1.807) is 0 Å². The third-order valence-electron chi connectivity index (χ3n) is 2.44. The van der Waals surface area contributed by atoms with Crippen LogP contribution in [0.4, 0.5) is 5.69 Å². The molecule has 1 aliphatic rings. The zero-order valence-electron chi connectivity index (χ0n) is 7.59. The largest absolute Gasteiger partial charge is 0.330 e. The smallest absolute Gasteiger partial charge is 0.225 e. The standard InChI is InChI=1S/C10H11BrN2O/c11-7-1-2-9-8(4-7)6(5-12)3-10(14)13-9/h1-2,4,6H,3,5,12H2,(H,13,14). The Labute approximate surface area is 90.8 Å². The summed E-state index contributed by atoms with van der Waals surface area (Å²) in [5.41, 5.74) is 7.65. The first kappa shape index (κ1) is 9.68. The molecule has 0 aliphatic carbocycles. The van der Waals surface area contributed by atoms with E-state index in [0.29, 0.717) is 13.0 Å². The Balaban J connectivity index is 2.46. The lowest BCUT2D eigenvalue weighted by Crippen LogP contribution is -2.27. The van der Waals surface area contributed by atoms with Crippen molar-refractivity contribution < 1.29 is 4.79 Å². The van der Waals surface area contributed by atoms with Crippen LogP contribution in [0.5, 0.6) is 0 Å². The zero-order chi connectivity index (χ0) is 10.1. The van der Waals surface area contributed by atoms with Gasteiger partial charge < -0.3 is 11.1 Å². The number of benzene rings is 1. The van der Waals surface area contributed by atoms with Gasteiger partial charge in [-0.2, -0.15) is 0 Å². The molecule has 4 heteroatoms. The lowest BCUT2D eigenvalue weighted by molar-refractivity contribution is -0.116. The number of anilines is 1. The van der Waals surface area contributed by atoms with Crippen molar-refractivity contribution in [1.29, 1.82) is 0 Å². The summed E-state index contributed by atoms with van der Waals surface area (Å²) in [6.07, 6.45) is 0.486. The summed E-state index contributed by atoms with van der Waals surface area (Å²) in [4.78, 5) is 11.3. The average molecular weight is 255 g/mol. The van der Waals surface area contributed by atoms with Crippen molar-refractivity contribution in [2.75, 3.05) is 11.9 Å². The summed E-state index contributed by atoms with van der Waals surface area (Å²) in [6, 6.07) is 5.84. The molecule has 1 atom stereocenters. The summed E-state index contributed by atoms with van der Waals surface area (Å²) in [5.74, 6) is 0.200. The first-order valence-corrected chi connectivity index (χ1v) is 5.29. The summed E-state index contributed by atoms with van der Waals surface area (Å²) >= 11 is 3.41. The molecule has 2 rings (SSSR count). The molecule has 1 aromatic rings. The molecule has 0 aromatic heterocycles. The molecule has 0 saturated carbocycles. The molecule has 0 fully saturated rings. The Morgan fingerprint density at radius 1 is 1.57 bits per heavy atom. The first-order chi connectivity index (χ1) is 6.70. The molecule has 3 nitrogen and oxygen atoms in total. The minimum Gasteiger partial charge on any atom is -0.330 e. The molecule has 1 aliphatic heterocycles. The van der Waals surface area contributed by atoms with Crippen molar-refractivity contribution in [3.05, 3.63) is 28.2 Å². The van der Waals surface area contributed by atoms with Crippen LogP contribution in [0.25, 0.3) is 0 Å². The zero-order valence-corrected chi connectivity index (χ0v) is 9.17. The Bertz CT molecular complexity index is 378. The van der Waals surface area contributed by atoms with Crippen LogP contribution in [0.2, 0.25) is 0 Å². The highest BCUT2D eigenvalue weighted by Crippen LogP contribution is 2.33. The second kappa shape index (κ2) is 3.71. The van der Waals surface area contributed by atoms with Crippen molar-refractivity contribution in [1.82, 2.24) is 0 Å². The first-order valence-electron chi connectivity index (χ1n) is 4.50. The molecule has 1 unspecified atom stereocenters. The molecule has 0 spiro atoms. The topological polar surface area (TPSA) is 55.1 Å². The van der Waals surface area contributed by atoms with Gasteiger partial charge in [0.1, 0.15) is 0 Å². The second-order valence-electron chi connectivity index (χ2n) is 3.42. The molecule has 74 valence electrons. The lowest BCUT2D eigenvalue weighted by atomic mass is 9.91. The van der Waals surface area contributed by atoms with Crippen LogP contribution in [0.1, 0.15) is 17.9 Å². The summed E-state index contributed by atoms with van der Waals surface area (Å²) in [6.45, 7) is 0.511. The second-order valence-corrected chi connectivity index (χ2v) is 4.33. The number of hydrogen-bond acceptors (Lipinski definition) is 2. The van der Waals surface area contributed by atoms with Crippen LogP contribution in [0.15, 0.2) is 22.7 Å². The van der Waals surface area contributed by atoms with Gasteiger partial charge in [-0.25, -0.2) is 0 Å². The molecular formula is C10H11BrN2O. The molecular weight excluding hydrogens is 244 g/mol. The highest BCUT2D eigenvalue weighted by Gasteiger charge is 2.23. The van der Waals surface area contributed by atoms with Crippen LogP contribution < -0.4 is 11.1 Å². The van der Waals surface area contributed by atoms with Crippen molar-refractivity contribution in [2.24, 2.45) is 5.73 Å². The minimum absolute atomic E-state index is 0.0512. The third-order valence-corrected chi connectivity index (χ3v) is 2.94. The van der Waals surface area contributed by atoms with Gasteiger partial charge in [-0.1, -0.05) is 15.9 Å². The maximum absolute atomic E-state index is 11.3. The van der Waals surface area contributed by atoms with Gasteiger partial charge in [0.25, 0.3) is 0 Å². The van der Waals surface area contributed by atoms with Crippen molar-refractivity contribution in [3.8, 4) is 0 Å². The van der Waals surface area contributed by atoms with E-state index in [9.17, 15) is 4.79 Å². The van der Waals surface area contributed by atoms with Gasteiger partial charge in [-0.15, -0.1) is 0 Å². The van der Waals surface area contributed by atoms with Gasteiger partial charge >= 0.3 is 0 Å². The lowest BCUT2D eigenvalue weighted by Gasteiger charge is -2.24. The van der Waals surface area contributed by atoms with Crippen molar-refractivity contribution >= 4 is 27.5 Å². The monoisotopic (exact) mass is 254 g/mol.